The summed E-state index contributed by atoms with van der Waals surface area (Å²) in [6.45, 7) is 16.7. The van der Waals surface area contributed by atoms with E-state index in [2.05, 4.69) is 19.7 Å². The monoisotopic (exact) mass is 710 g/mol. The van der Waals surface area contributed by atoms with E-state index >= 15 is 0 Å². The van der Waals surface area contributed by atoms with Crippen molar-refractivity contribution < 1.29 is 42.5 Å². The van der Waals surface area contributed by atoms with Gasteiger partial charge in [0.1, 0.15) is 29.2 Å². The minimum Gasteiger partial charge on any atom is -0.465 e. The van der Waals surface area contributed by atoms with E-state index in [4.69, 9.17) is 14.7 Å². The Hall–Kier alpha value is -5.41. The Bertz CT molecular complexity index is 1610. The molecule has 4 rings (SSSR count). The van der Waals surface area contributed by atoms with E-state index in [1.54, 1.807) is 34.1 Å². The van der Waals surface area contributed by atoms with Crippen LogP contribution in [0.4, 0.5) is 19.7 Å². The van der Waals surface area contributed by atoms with Gasteiger partial charge < -0.3 is 39.0 Å². The van der Waals surface area contributed by atoms with Crippen LogP contribution in [0.3, 0.4) is 0 Å². The first-order valence-corrected chi connectivity index (χ1v) is 16.2. The second-order valence-electron chi connectivity index (χ2n) is 13.3. The van der Waals surface area contributed by atoms with Crippen LogP contribution in [0.25, 0.3) is 0 Å². The molecule has 0 aliphatic carbocycles. The maximum atomic E-state index is 12.6. The Kier molecular flexibility index (Phi) is 15.6. The number of carbonyl (C=O) groups is 4. The van der Waals surface area contributed by atoms with Gasteiger partial charge in [0.25, 0.3) is 0 Å². The molecule has 0 saturated carbocycles. The molecular weight excluding hydrogens is 663 g/mol. The van der Waals surface area contributed by atoms with Gasteiger partial charge in [0.05, 0.1) is 36.5 Å². The number of rotatable bonds is 3. The number of hydrogen-bond acceptors (Lipinski definition) is 12. The molecule has 2 aromatic carbocycles. The number of nitriles is 2. The highest BCUT2D eigenvalue weighted by Gasteiger charge is 2.27. The zero-order valence-corrected chi connectivity index (χ0v) is 30.5. The molecule has 2 heterocycles. The van der Waals surface area contributed by atoms with Crippen molar-refractivity contribution in [2.24, 2.45) is 0 Å². The molecule has 0 bridgehead atoms. The highest BCUT2D eigenvalue weighted by Crippen LogP contribution is 2.22. The van der Waals surface area contributed by atoms with E-state index < -0.39 is 23.4 Å². The Morgan fingerprint density at radius 3 is 1.55 bits per heavy atom. The van der Waals surface area contributed by atoms with Gasteiger partial charge in [-0.3, -0.25) is 0 Å². The molecule has 0 spiro atoms. The second-order valence-corrected chi connectivity index (χ2v) is 13.3. The summed E-state index contributed by atoms with van der Waals surface area (Å²) in [5.41, 5.74) is 0.521. The zero-order chi connectivity index (χ0) is 38.4. The summed E-state index contributed by atoms with van der Waals surface area (Å²) in [6, 6.07) is 12.1. The SMILES string of the molecule is CC(C)(C)OC(=O)N1CCNCC1.COC(=O)c1ccc(F)cc1C#N.COC(=O)c1ccc(N2CCN(C(=O)OC(C)(C)C)CC2)cc1C#N. The molecule has 0 unspecified atom stereocenters. The van der Waals surface area contributed by atoms with Crippen LogP contribution in [-0.2, 0) is 18.9 Å². The predicted molar refractivity (Wildman–Crippen MR) is 186 cm³/mol. The smallest absolute Gasteiger partial charge is 0.410 e. The largest absolute Gasteiger partial charge is 0.465 e. The van der Waals surface area contributed by atoms with E-state index in [9.17, 15) is 28.8 Å². The first kappa shape index (κ1) is 41.8. The average molecular weight is 711 g/mol. The molecule has 2 fully saturated rings. The molecule has 0 aromatic heterocycles. The van der Waals surface area contributed by atoms with Crippen molar-refractivity contribution in [2.45, 2.75) is 52.7 Å². The lowest BCUT2D eigenvalue weighted by Gasteiger charge is -2.36. The molecule has 276 valence electrons. The van der Waals surface area contributed by atoms with Crippen molar-refractivity contribution in [3.05, 3.63) is 64.5 Å². The van der Waals surface area contributed by atoms with Crippen LogP contribution in [0.1, 0.15) is 73.4 Å². The number of amides is 2. The van der Waals surface area contributed by atoms with Crippen LogP contribution in [-0.4, -0.2) is 112 Å². The van der Waals surface area contributed by atoms with Crippen LogP contribution in [0.15, 0.2) is 36.4 Å². The summed E-state index contributed by atoms with van der Waals surface area (Å²) in [6.07, 6.45) is -0.514. The van der Waals surface area contributed by atoms with Crippen molar-refractivity contribution >= 4 is 29.8 Å². The van der Waals surface area contributed by atoms with Gasteiger partial charge in [-0.25, -0.2) is 23.6 Å². The number of esters is 2. The lowest BCUT2D eigenvalue weighted by Crippen LogP contribution is -2.50. The fourth-order valence-corrected chi connectivity index (χ4v) is 4.65. The standard InChI is InChI=1S/C18H23N3O4.C9H6FNO2.C9H18N2O2/c1-18(2,3)25-17(23)21-9-7-20(8-10-21)14-5-6-15(16(22)24-4)13(11-14)12-19;1-13-9(12)8-3-2-7(10)4-6(8)5-11;1-9(2,3)13-8(12)11-6-4-10-5-7-11/h5-6,11H,7-10H2,1-4H3;2-4H,1H3;10H,4-7H2,1-3H3. The molecule has 0 atom stereocenters. The average Bonchev–Trinajstić information content (AvgIpc) is 3.10. The third-order valence-corrected chi connectivity index (χ3v) is 7.10. The first-order valence-electron chi connectivity index (χ1n) is 16.2. The third kappa shape index (κ3) is 13.8. The molecule has 0 radical (unpaired) electrons. The van der Waals surface area contributed by atoms with E-state index in [-0.39, 0.29) is 40.0 Å². The number of nitrogens with one attached hydrogen (secondary N) is 1. The van der Waals surface area contributed by atoms with Gasteiger partial charge in [-0.2, -0.15) is 10.5 Å². The van der Waals surface area contributed by atoms with Crippen LogP contribution >= 0.6 is 0 Å². The van der Waals surface area contributed by atoms with E-state index in [1.807, 2.05) is 47.6 Å². The van der Waals surface area contributed by atoms with Gasteiger partial charge in [-0.05, 0) is 77.9 Å². The van der Waals surface area contributed by atoms with Crippen molar-refractivity contribution in [2.75, 3.05) is 71.5 Å². The van der Waals surface area contributed by atoms with Crippen molar-refractivity contribution in [1.29, 1.82) is 10.5 Å². The topological polar surface area (TPSA) is 175 Å². The highest BCUT2D eigenvalue weighted by atomic mass is 19.1. The van der Waals surface area contributed by atoms with Crippen LogP contribution in [0.2, 0.25) is 0 Å². The molecule has 14 nitrogen and oxygen atoms in total. The predicted octanol–water partition coefficient (Wildman–Crippen LogP) is 4.71. The number of benzene rings is 2. The highest BCUT2D eigenvalue weighted by molar-refractivity contribution is 5.93. The first-order chi connectivity index (χ1) is 23.9. The van der Waals surface area contributed by atoms with Crippen LogP contribution < -0.4 is 10.2 Å². The Labute approximate surface area is 298 Å². The third-order valence-electron chi connectivity index (χ3n) is 7.10. The van der Waals surface area contributed by atoms with Gasteiger partial charge >= 0.3 is 24.1 Å². The number of anilines is 1. The van der Waals surface area contributed by atoms with E-state index in [1.165, 1.54) is 20.3 Å². The van der Waals surface area contributed by atoms with Gasteiger partial charge in [-0.1, -0.05) is 0 Å². The fraction of sp³-hybridized carbons (Fsp3) is 0.500. The molecule has 2 aliphatic rings. The van der Waals surface area contributed by atoms with Crippen LogP contribution in [0, 0.1) is 28.5 Å². The van der Waals surface area contributed by atoms with Crippen LogP contribution in [0.5, 0.6) is 0 Å². The Balaban J connectivity index is 0.000000292. The molecule has 2 amide bonds. The number of ether oxygens (including phenoxy) is 4. The summed E-state index contributed by atoms with van der Waals surface area (Å²) in [4.78, 5) is 51.8. The summed E-state index contributed by atoms with van der Waals surface area (Å²) in [5.74, 6) is -1.72. The van der Waals surface area contributed by atoms with Gasteiger partial charge in [0, 0.05) is 58.0 Å². The molecule has 51 heavy (non-hydrogen) atoms. The molecule has 15 heteroatoms. The van der Waals surface area contributed by atoms with Crippen molar-refractivity contribution in [1.82, 2.24) is 15.1 Å². The summed E-state index contributed by atoms with van der Waals surface area (Å²) in [7, 11) is 2.49. The maximum Gasteiger partial charge on any atom is 0.410 e. The van der Waals surface area contributed by atoms with Crippen molar-refractivity contribution in [3.63, 3.8) is 0 Å². The molecular formula is C36H47FN6O8. The molecule has 2 aliphatic heterocycles. The van der Waals surface area contributed by atoms with Gasteiger partial charge in [0.2, 0.25) is 0 Å². The molecule has 2 saturated heterocycles. The minimum atomic E-state index is -0.642. The molecule has 1 N–H and O–H groups in total. The Morgan fingerprint density at radius 2 is 1.12 bits per heavy atom. The quantitative estimate of drug-likeness (QED) is 0.344. The normalized spacial score (nSPS) is 14.2. The maximum absolute atomic E-state index is 12.6. The minimum absolute atomic E-state index is 0.0214. The Morgan fingerprint density at radius 1 is 0.686 bits per heavy atom. The summed E-state index contributed by atoms with van der Waals surface area (Å²) < 4.78 is 32.3. The van der Waals surface area contributed by atoms with E-state index in [0.29, 0.717) is 26.2 Å². The lowest BCUT2D eigenvalue weighted by atomic mass is 10.1. The van der Waals surface area contributed by atoms with Crippen molar-refractivity contribution in [3.8, 4) is 12.1 Å². The number of halogens is 1. The fourth-order valence-electron chi connectivity index (χ4n) is 4.65. The number of hydrogen-bond donors (Lipinski definition) is 1. The number of carbonyl (C=O) groups excluding carboxylic acids is 4. The molecule has 2 aromatic rings. The second kappa shape index (κ2) is 19.1. The number of nitrogens with zero attached hydrogens (tertiary/aromatic N) is 5. The zero-order valence-electron chi connectivity index (χ0n) is 30.5. The lowest BCUT2D eigenvalue weighted by molar-refractivity contribution is 0.0223. The number of methoxy groups -OCH3 is 2. The summed E-state index contributed by atoms with van der Waals surface area (Å²) >= 11 is 0. The number of piperazine rings is 2. The summed E-state index contributed by atoms with van der Waals surface area (Å²) in [5, 5.41) is 21.0. The van der Waals surface area contributed by atoms with E-state index in [0.717, 1.165) is 44.0 Å². The van der Waals surface area contributed by atoms with Gasteiger partial charge in [0.15, 0.2) is 0 Å². The van der Waals surface area contributed by atoms with Gasteiger partial charge in [-0.15, -0.1) is 0 Å².